The third kappa shape index (κ3) is 5.03. The SMILES string of the molecule is CC(C)(C)CC(=O)N1CCCC(n2nc(-c3ccc(Oc4ccccc4)cc3)c3c(N)ncnc32)C1. The van der Waals surface area contributed by atoms with E-state index >= 15 is 0 Å². The van der Waals surface area contributed by atoms with E-state index in [1.165, 1.54) is 6.33 Å². The molecule has 0 saturated carbocycles. The largest absolute Gasteiger partial charge is 0.457 e. The molecule has 4 aromatic rings. The number of carbonyl (C=O) groups excluding carboxylic acids is 1. The fourth-order valence-electron chi connectivity index (χ4n) is 4.70. The maximum Gasteiger partial charge on any atom is 0.223 e. The summed E-state index contributed by atoms with van der Waals surface area (Å²) in [6, 6.07) is 17.5. The molecule has 0 radical (unpaired) electrons. The summed E-state index contributed by atoms with van der Waals surface area (Å²) in [5, 5.41) is 5.71. The van der Waals surface area contributed by atoms with Crippen LogP contribution in [0.25, 0.3) is 22.3 Å². The Morgan fingerprint density at radius 3 is 2.50 bits per heavy atom. The molecule has 1 fully saturated rings. The molecule has 0 spiro atoms. The van der Waals surface area contributed by atoms with E-state index in [0.717, 1.165) is 47.5 Å². The number of anilines is 1. The molecule has 36 heavy (non-hydrogen) atoms. The van der Waals surface area contributed by atoms with Crippen LogP contribution in [0.1, 0.15) is 46.1 Å². The summed E-state index contributed by atoms with van der Waals surface area (Å²) in [6.07, 6.45) is 3.84. The van der Waals surface area contributed by atoms with Gasteiger partial charge in [0.15, 0.2) is 5.65 Å². The number of nitrogens with zero attached hydrogens (tertiary/aromatic N) is 5. The van der Waals surface area contributed by atoms with Crippen LogP contribution in [0, 0.1) is 5.41 Å². The van der Waals surface area contributed by atoms with E-state index in [1.54, 1.807) is 0 Å². The molecule has 1 aliphatic heterocycles. The number of hydrogen-bond acceptors (Lipinski definition) is 6. The summed E-state index contributed by atoms with van der Waals surface area (Å²) in [6.45, 7) is 7.66. The van der Waals surface area contributed by atoms with E-state index < -0.39 is 0 Å². The monoisotopic (exact) mass is 484 g/mol. The molecule has 2 aromatic carbocycles. The van der Waals surface area contributed by atoms with Gasteiger partial charge < -0.3 is 15.4 Å². The van der Waals surface area contributed by atoms with Gasteiger partial charge in [-0.1, -0.05) is 39.0 Å². The van der Waals surface area contributed by atoms with Crippen molar-refractivity contribution in [3.05, 3.63) is 60.9 Å². The molecule has 8 heteroatoms. The molecule has 1 atom stereocenters. The standard InChI is InChI=1S/C28H32N6O2/c1-28(2,3)16-23(35)33-15-7-8-20(17-33)34-27-24(26(29)30-18-31-27)25(32-34)19-11-13-22(14-12-19)36-21-9-5-4-6-10-21/h4-6,9-14,18,20H,7-8,15-17H2,1-3H3,(H2,29,30,31). The second-order valence-corrected chi connectivity index (χ2v) is 10.6. The zero-order valence-electron chi connectivity index (χ0n) is 21.0. The summed E-state index contributed by atoms with van der Waals surface area (Å²) in [4.78, 5) is 23.7. The number of para-hydroxylation sites is 1. The lowest BCUT2D eigenvalue weighted by molar-refractivity contribution is -0.134. The van der Waals surface area contributed by atoms with Crippen molar-refractivity contribution in [3.63, 3.8) is 0 Å². The van der Waals surface area contributed by atoms with Crippen molar-refractivity contribution in [1.29, 1.82) is 0 Å². The van der Waals surface area contributed by atoms with Gasteiger partial charge in [0.2, 0.25) is 5.91 Å². The van der Waals surface area contributed by atoms with Crippen molar-refractivity contribution in [2.75, 3.05) is 18.8 Å². The van der Waals surface area contributed by atoms with Crippen LogP contribution in [-0.2, 0) is 4.79 Å². The van der Waals surface area contributed by atoms with Crippen molar-refractivity contribution < 1.29 is 9.53 Å². The van der Waals surface area contributed by atoms with E-state index in [-0.39, 0.29) is 17.4 Å². The molecule has 1 aliphatic rings. The van der Waals surface area contributed by atoms with Gasteiger partial charge in [0.05, 0.1) is 11.4 Å². The summed E-state index contributed by atoms with van der Waals surface area (Å²) < 4.78 is 7.88. The van der Waals surface area contributed by atoms with Gasteiger partial charge in [-0.2, -0.15) is 5.10 Å². The topological polar surface area (TPSA) is 99.2 Å². The van der Waals surface area contributed by atoms with Crippen molar-refractivity contribution in [2.24, 2.45) is 5.41 Å². The van der Waals surface area contributed by atoms with Gasteiger partial charge in [0.25, 0.3) is 0 Å². The lowest BCUT2D eigenvalue weighted by Gasteiger charge is -2.34. The molecule has 2 N–H and O–H groups in total. The zero-order chi connectivity index (χ0) is 25.3. The molecule has 0 aliphatic carbocycles. The normalized spacial score (nSPS) is 16.3. The second-order valence-electron chi connectivity index (χ2n) is 10.6. The molecule has 0 bridgehead atoms. The number of piperidine rings is 1. The molecular weight excluding hydrogens is 452 g/mol. The van der Waals surface area contributed by atoms with Gasteiger partial charge in [0, 0.05) is 25.1 Å². The maximum absolute atomic E-state index is 12.9. The molecule has 5 rings (SSSR count). The third-order valence-corrected chi connectivity index (χ3v) is 6.40. The van der Waals surface area contributed by atoms with Crippen molar-refractivity contribution in [3.8, 4) is 22.8 Å². The van der Waals surface area contributed by atoms with E-state index in [4.69, 9.17) is 15.6 Å². The highest BCUT2D eigenvalue weighted by molar-refractivity contribution is 5.98. The highest BCUT2D eigenvalue weighted by Gasteiger charge is 2.30. The van der Waals surface area contributed by atoms with E-state index in [0.29, 0.717) is 24.4 Å². The first-order valence-corrected chi connectivity index (χ1v) is 12.4. The fourth-order valence-corrected chi connectivity index (χ4v) is 4.70. The number of nitrogen functional groups attached to an aromatic ring is 1. The highest BCUT2D eigenvalue weighted by Crippen LogP contribution is 2.35. The first-order valence-electron chi connectivity index (χ1n) is 12.4. The Balaban J connectivity index is 1.45. The average Bonchev–Trinajstić information content (AvgIpc) is 3.25. The second kappa shape index (κ2) is 9.60. The first-order chi connectivity index (χ1) is 17.3. The maximum atomic E-state index is 12.9. The van der Waals surface area contributed by atoms with Crippen LogP contribution in [0.4, 0.5) is 5.82 Å². The fraction of sp³-hybridized carbons (Fsp3) is 0.357. The quantitative estimate of drug-likeness (QED) is 0.403. The summed E-state index contributed by atoms with van der Waals surface area (Å²) >= 11 is 0. The minimum Gasteiger partial charge on any atom is -0.457 e. The van der Waals surface area contributed by atoms with Crippen molar-refractivity contribution >= 4 is 22.8 Å². The van der Waals surface area contributed by atoms with Gasteiger partial charge in [-0.25, -0.2) is 14.6 Å². The Morgan fingerprint density at radius 1 is 1.06 bits per heavy atom. The predicted octanol–water partition coefficient (Wildman–Crippen LogP) is 5.47. The minimum absolute atomic E-state index is 0.0221. The molecule has 1 amide bonds. The molecule has 1 saturated heterocycles. The van der Waals surface area contributed by atoms with E-state index in [9.17, 15) is 4.79 Å². The number of ether oxygens (including phenoxy) is 1. The molecular formula is C28H32N6O2. The van der Waals surface area contributed by atoms with Gasteiger partial charge in [0.1, 0.15) is 29.3 Å². The molecule has 2 aromatic heterocycles. The predicted molar refractivity (Wildman–Crippen MR) is 141 cm³/mol. The van der Waals surface area contributed by atoms with Gasteiger partial charge in [-0.3, -0.25) is 4.79 Å². The minimum atomic E-state index is -0.0480. The Bertz CT molecular complexity index is 1360. The number of amides is 1. The lowest BCUT2D eigenvalue weighted by Crippen LogP contribution is -2.42. The summed E-state index contributed by atoms with van der Waals surface area (Å²) in [5.41, 5.74) is 8.59. The van der Waals surface area contributed by atoms with Crippen LogP contribution in [0.2, 0.25) is 0 Å². The molecule has 8 nitrogen and oxygen atoms in total. The number of fused-ring (bicyclic) bond motifs is 1. The number of nitrogens with two attached hydrogens (primary N) is 1. The average molecular weight is 485 g/mol. The van der Waals surface area contributed by atoms with Gasteiger partial charge in [-0.05, 0) is 54.7 Å². The van der Waals surface area contributed by atoms with Crippen molar-refractivity contribution in [2.45, 2.75) is 46.1 Å². The Hall–Kier alpha value is -3.94. The van der Waals surface area contributed by atoms with Crippen LogP contribution in [0.3, 0.4) is 0 Å². The summed E-state index contributed by atoms with van der Waals surface area (Å²) in [5.74, 6) is 2.09. The van der Waals surface area contributed by atoms with E-state index in [2.05, 4.69) is 30.7 Å². The van der Waals surface area contributed by atoms with Gasteiger partial charge >= 0.3 is 0 Å². The van der Waals surface area contributed by atoms with E-state index in [1.807, 2.05) is 64.2 Å². The van der Waals surface area contributed by atoms with Gasteiger partial charge in [-0.15, -0.1) is 0 Å². The number of aromatic nitrogens is 4. The number of hydrogen-bond donors (Lipinski definition) is 1. The van der Waals surface area contributed by atoms with Crippen LogP contribution in [0.5, 0.6) is 11.5 Å². The third-order valence-electron chi connectivity index (χ3n) is 6.40. The molecule has 186 valence electrons. The van der Waals surface area contributed by atoms with Crippen molar-refractivity contribution in [1.82, 2.24) is 24.6 Å². The number of likely N-dealkylation sites (tertiary alicyclic amines) is 1. The molecule has 1 unspecified atom stereocenters. The Labute approximate surface area is 211 Å². The lowest BCUT2D eigenvalue weighted by atomic mass is 9.91. The number of carbonyl (C=O) groups is 1. The molecule has 3 heterocycles. The number of benzene rings is 2. The zero-order valence-corrected chi connectivity index (χ0v) is 21.0. The van der Waals surface area contributed by atoms with Crippen LogP contribution >= 0.6 is 0 Å². The Morgan fingerprint density at radius 2 is 1.78 bits per heavy atom. The Kier molecular flexibility index (Phi) is 6.35. The van der Waals surface area contributed by atoms with Crippen LogP contribution in [-0.4, -0.2) is 43.6 Å². The van der Waals surface area contributed by atoms with Crippen LogP contribution in [0.15, 0.2) is 60.9 Å². The highest BCUT2D eigenvalue weighted by atomic mass is 16.5. The smallest absolute Gasteiger partial charge is 0.223 e. The summed E-state index contributed by atoms with van der Waals surface area (Å²) in [7, 11) is 0. The number of rotatable bonds is 5. The first kappa shape index (κ1) is 23.8. The van der Waals surface area contributed by atoms with Crippen LogP contribution < -0.4 is 10.5 Å².